The Balaban J connectivity index is 1.60. The molecule has 0 atom stereocenters. The average Bonchev–Trinajstić information content (AvgIpc) is 3.03. The normalized spacial score (nSPS) is 15.9. The summed E-state index contributed by atoms with van der Waals surface area (Å²) in [5.41, 5.74) is 0.299. The fourth-order valence-corrected chi connectivity index (χ4v) is 2.59. The molecule has 24 heavy (non-hydrogen) atoms. The van der Waals surface area contributed by atoms with E-state index in [4.69, 9.17) is 9.26 Å². The van der Waals surface area contributed by atoms with Gasteiger partial charge in [0.15, 0.2) is 0 Å². The summed E-state index contributed by atoms with van der Waals surface area (Å²) >= 11 is 0. The van der Waals surface area contributed by atoms with Crippen LogP contribution in [0.4, 0.5) is 4.39 Å². The predicted octanol–water partition coefficient (Wildman–Crippen LogP) is 1.17. The minimum Gasteiger partial charge on any atom is -0.383 e. The lowest BCUT2D eigenvalue weighted by atomic mass is 10.2. The number of methoxy groups -OCH3 is 1. The Morgan fingerprint density at radius 1 is 1.33 bits per heavy atom. The Hall–Kier alpha value is -2.32. The quantitative estimate of drug-likeness (QED) is 0.790. The zero-order valence-electron chi connectivity index (χ0n) is 13.4. The Morgan fingerprint density at radius 2 is 2.17 bits per heavy atom. The van der Waals surface area contributed by atoms with Crippen LogP contribution in [0, 0.1) is 5.82 Å². The highest BCUT2D eigenvalue weighted by molar-refractivity contribution is 5.79. The third-order valence-corrected chi connectivity index (χ3v) is 3.90. The van der Waals surface area contributed by atoms with Crippen molar-refractivity contribution in [2.45, 2.75) is 6.54 Å². The van der Waals surface area contributed by atoms with Crippen LogP contribution in [-0.2, 0) is 16.1 Å². The average molecular weight is 334 g/mol. The molecule has 128 valence electrons. The minimum absolute atomic E-state index is 0.0483. The molecule has 0 aliphatic carbocycles. The van der Waals surface area contributed by atoms with E-state index < -0.39 is 5.82 Å². The number of benzene rings is 1. The van der Waals surface area contributed by atoms with Crippen LogP contribution in [-0.4, -0.2) is 65.7 Å². The fraction of sp³-hybridized carbons (Fsp3) is 0.438. The van der Waals surface area contributed by atoms with Gasteiger partial charge < -0.3 is 14.2 Å². The van der Waals surface area contributed by atoms with Gasteiger partial charge in [-0.1, -0.05) is 17.3 Å². The number of halogens is 1. The van der Waals surface area contributed by atoms with Crippen LogP contribution < -0.4 is 0 Å². The Kier molecular flexibility index (Phi) is 5.17. The summed E-state index contributed by atoms with van der Waals surface area (Å²) in [7, 11) is 1.61. The second-order valence-corrected chi connectivity index (χ2v) is 5.58. The van der Waals surface area contributed by atoms with Crippen LogP contribution in [0.5, 0.6) is 0 Å². The predicted molar refractivity (Wildman–Crippen MR) is 83.4 cm³/mol. The lowest BCUT2D eigenvalue weighted by molar-refractivity contribution is -0.137. The molecule has 7 nitrogen and oxygen atoms in total. The van der Waals surface area contributed by atoms with E-state index in [9.17, 15) is 9.18 Å². The highest BCUT2D eigenvalue weighted by atomic mass is 19.1. The highest BCUT2D eigenvalue weighted by Crippen LogP contribution is 2.19. The van der Waals surface area contributed by atoms with Gasteiger partial charge in [-0.05, 0) is 12.1 Å². The van der Waals surface area contributed by atoms with Gasteiger partial charge in [-0.3, -0.25) is 9.69 Å². The number of hydrogen-bond acceptors (Lipinski definition) is 6. The number of rotatable bonds is 6. The van der Waals surface area contributed by atoms with Crippen molar-refractivity contribution in [1.82, 2.24) is 19.9 Å². The SMILES string of the molecule is COCCN1CCN(Cc2nc(-c3ccccc3F)no2)CC1=O. The van der Waals surface area contributed by atoms with Crippen LogP contribution in [0.25, 0.3) is 11.4 Å². The molecule has 2 heterocycles. The van der Waals surface area contributed by atoms with Gasteiger partial charge in [0.25, 0.3) is 0 Å². The third-order valence-electron chi connectivity index (χ3n) is 3.90. The number of aromatic nitrogens is 2. The number of piperazine rings is 1. The number of hydrogen-bond donors (Lipinski definition) is 0. The molecular weight excluding hydrogens is 315 g/mol. The summed E-state index contributed by atoms with van der Waals surface area (Å²) < 4.78 is 23.9. The largest absolute Gasteiger partial charge is 0.383 e. The molecular formula is C16H19FN4O3. The van der Waals surface area contributed by atoms with Crippen molar-refractivity contribution in [3.8, 4) is 11.4 Å². The van der Waals surface area contributed by atoms with Gasteiger partial charge in [0.2, 0.25) is 17.6 Å². The van der Waals surface area contributed by atoms with Crippen molar-refractivity contribution in [1.29, 1.82) is 0 Å². The van der Waals surface area contributed by atoms with E-state index in [0.717, 1.165) is 0 Å². The van der Waals surface area contributed by atoms with E-state index in [1.54, 1.807) is 30.2 Å². The van der Waals surface area contributed by atoms with Crippen LogP contribution in [0.3, 0.4) is 0 Å². The highest BCUT2D eigenvalue weighted by Gasteiger charge is 2.25. The number of carbonyl (C=O) groups is 1. The monoisotopic (exact) mass is 334 g/mol. The molecule has 0 bridgehead atoms. The Bertz CT molecular complexity index is 706. The Morgan fingerprint density at radius 3 is 2.92 bits per heavy atom. The van der Waals surface area contributed by atoms with E-state index in [1.165, 1.54) is 6.07 Å². The van der Waals surface area contributed by atoms with E-state index in [-0.39, 0.29) is 11.7 Å². The van der Waals surface area contributed by atoms with Crippen LogP contribution in [0.2, 0.25) is 0 Å². The summed E-state index contributed by atoms with van der Waals surface area (Å²) in [6.45, 7) is 3.14. The standard InChI is InChI=1S/C16H19FN4O3/c1-23-9-8-21-7-6-20(11-15(21)22)10-14-18-16(19-24-14)12-4-2-3-5-13(12)17/h2-5H,6-11H2,1H3. The minimum atomic E-state index is -0.396. The molecule has 3 rings (SSSR count). The summed E-state index contributed by atoms with van der Waals surface area (Å²) in [6, 6.07) is 6.27. The molecule has 0 unspecified atom stereocenters. The van der Waals surface area contributed by atoms with Crippen molar-refractivity contribution < 1.29 is 18.4 Å². The fourth-order valence-electron chi connectivity index (χ4n) is 2.59. The topological polar surface area (TPSA) is 71.7 Å². The zero-order chi connectivity index (χ0) is 16.9. The molecule has 1 saturated heterocycles. The number of carbonyl (C=O) groups excluding carboxylic acids is 1. The molecule has 2 aromatic rings. The second-order valence-electron chi connectivity index (χ2n) is 5.58. The molecule has 0 radical (unpaired) electrons. The molecule has 1 aliphatic heterocycles. The van der Waals surface area contributed by atoms with E-state index in [0.29, 0.717) is 50.8 Å². The molecule has 1 aromatic heterocycles. The van der Waals surface area contributed by atoms with Gasteiger partial charge >= 0.3 is 0 Å². The van der Waals surface area contributed by atoms with E-state index in [2.05, 4.69) is 10.1 Å². The smallest absolute Gasteiger partial charge is 0.241 e. The Labute approximate surface area is 139 Å². The van der Waals surface area contributed by atoms with Crippen molar-refractivity contribution in [2.75, 3.05) is 39.9 Å². The first-order valence-electron chi connectivity index (χ1n) is 7.74. The zero-order valence-corrected chi connectivity index (χ0v) is 13.4. The second kappa shape index (κ2) is 7.50. The van der Waals surface area contributed by atoms with Gasteiger partial charge in [0.1, 0.15) is 5.82 Å². The van der Waals surface area contributed by atoms with Crippen LogP contribution in [0.15, 0.2) is 28.8 Å². The van der Waals surface area contributed by atoms with E-state index in [1.807, 2.05) is 4.90 Å². The maximum Gasteiger partial charge on any atom is 0.241 e. The molecule has 0 N–H and O–H groups in total. The van der Waals surface area contributed by atoms with Gasteiger partial charge in [0.05, 0.1) is 25.3 Å². The van der Waals surface area contributed by atoms with Gasteiger partial charge in [-0.2, -0.15) is 4.98 Å². The first-order valence-corrected chi connectivity index (χ1v) is 7.74. The van der Waals surface area contributed by atoms with Crippen molar-refractivity contribution in [3.05, 3.63) is 36.0 Å². The number of ether oxygens (including phenoxy) is 1. The molecule has 1 aliphatic rings. The molecule has 0 saturated carbocycles. The van der Waals surface area contributed by atoms with Gasteiger partial charge in [0, 0.05) is 26.7 Å². The molecule has 1 amide bonds. The third kappa shape index (κ3) is 3.77. The molecule has 1 fully saturated rings. The summed E-state index contributed by atoms with van der Waals surface area (Å²) in [4.78, 5) is 20.0. The number of amides is 1. The van der Waals surface area contributed by atoms with Crippen LogP contribution in [0.1, 0.15) is 5.89 Å². The first-order chi connectivity index (χ1) is 11.7. The first kappa shape index (κ1) is 16.5. The van der Waals surface area contributed by atoms with Crippen molar-refractivity contribution in [2.24, 2.45) is 0 Å². The lowest BCUT2D eigenvalue weighted by Crippen LogP contribution is -2.50. The van der Waals surface area contributed by atoms with Crippen LogP contribution >= 0.6 is 0 Å². The maximum atomic E-state index is 13.7. The number of nitrogens with zero attached hydrogens (tertiary/aromatic N) is 4. The van der Waals surface area contributed by atoms with E-state index >= 15 is 0 Å². The summed E-state index contributed by atoms with van der Waals surface area (Å²) in [5.74, 6) is 0.235. The van der Waals surface area contributed by atoms with Crippen molar-refractivity contribution in [3.63, 3.8) is 0 Å². The molecule has 1 aromatic carbocycles. The lowest BCUT2D eigenvalue weighted by Gasteiger charge is -2.33. The molecule has 0 spiro atoms. The van der Waals surface area contributed by atoms with Gasteiger partial charge in [-0.25, -0.2) is 4.39 Å². The van der Waals surface area contributed by atoms with Gasteiger partial charge in [-0.15, -0.1) is 0 Å². The maximum absolute atomic E-state index is 13.7. The molecule has 8 heteroatoms. The summed E-state index contributed by atoms with van der Waals surface area (Å²) in [6.07, 6.45) is 0. The van der Waals surface area contributed by atoms with Crippen molar-refractivity contribution >= 4 is 5.91 Å². The summed E-state index contributed by atoms with van der Waals surface area (Å²) in [5, 5.41) is 3.82.